The highest BCUT2D eigenvalue weighted by atomic mass is 16.5. The number of fused-ring (bicyclic) bond motifs is 2. The first kappa shape index (κ1) is 46.7. The van der Waals surface area contributed by atoms with E-state index in [4.69, 9.17) is 23.9 Å². The molecule has 3 atom stereocenters. The number of hydrogen-bond donors (Lipinski definition) is 2. The van der Waals surface area contributed by atoms with Gasteiger partial charge in [0, 0.05) is 59.8 Å². The molecule has 2 aliphatic heterocycles. The molecule has 1 saturated carbocycles. The van der Waals surface area contributed by atoms with Crippen LogP contribution in [-0.4, -0.2) is 92.1 Å². The van der Waals surface area contributed by atoms with Gasteiger partial charge in [-0.15, -0.1) is 0 Å². The Labute approximate surface area is 391 Å². The molecule has 0 saturated heterocycles. The number of nitrogens with zero attached hydrogens (tertiary/aromatic N) is 3. The van der Waals surface area contributed by atoms with Gasteiger partial charge in [-0.25, -0.2) is 0 Å². The van der Waals surface area contributed by atoms with Gasteiger partial charge in [-0.2, -0.15) is 4.58 Å². The zero-order chi connectivity index (χ0) is 46.6. The lowest BCUT2D eigenvalue weighted by Gasteiger charge is -2.38. The average Bonchev–Trinajstić information content (AvgIpc) is 3.71. The zero-order valence-electron chi connectivity index (χ0n) is 39.8. The predicted octanol–water partition coefficient (Wildman–Crippen LogP) is 9.94. The maximum Gasteiger partial charge on any atom is 0.209 e. The molecule has 0 bridgehead atoms. The molecule has 9 nitrogen and oxygen atoms in total. The molecule has 1 fully saturated rings. The molecular formula is C57H66N3O6+. The third-order valence-electron chi connectivity index (χ3n) is 13.8. The summed E-state index contributed by atoms with van der Waals surface area (Å²) in [6.07, 6.45) is 3.50. The molecule has 5 aromatic carbocycles. The van der Waals surface area contributed by atoms with Gasteiger partial charge in [0.2, 0.25) is 5.69 Å². The highest BCUT2D eigenvalue weighted by Gasteiger charge is 2.49. The molecule has 0 spiro atoms. The fourth-order valence-electron chi connectivity index (χ4n) is 10.3. The number of methoxy groups -OCH3 is 2. The SMILES string of the molecule is CCN1/C(=C/C2C(=NCCCOCC(O)COC(c3ccccc3)(c3ccc(OC)cc3)c3ccc(OC)cc3)C(=CC3=[N+](CC)c4ccccc4C3(C)C)C2O)C(C)(C)c2ccccc21. The van der Waals surface area contributed by atoms with E-state index in [9.17, 15) is 10.2 Å². The minimum atomic E-state index is -1.05. The summed E-state index contributed by atoms with van der Waals surface area (Å²) in [5.74, 6) is 1.21. The Morgan fingerprint density at radius 1 is 0.742 bits per heavy atom. The number of ether oxygens (including phenoxy) is 4. The number of hydrogen-bond acceptors (Lipinski definition) is 8. The van der Waals surface area contributed by atoms with Crippen molar-refractivity contribution in [2.75, 3.05) is 58.6 Å². The van der Waals surface area contributed by atoms with E-state index in [0.29, 0.717) is 19.6 Å². The third-order valence-corrected chi connectivity index (χ3v) is 13.8. The van der Waals surface area contributed by atoms with Crippen molar-refractivity contribution in [1.82, 2.24) is 0 Å². The molecule has 3 aliphatic rings. The molecule has 1 aliphatic carbocycles. The van der Waals surface area contributed by atoms with E-state index in [1.54, 1.807) is 14.2 Å². The maximum absolute atomic E-state index is 12.1. The number of aliphatic imine (C=N–C) groups is 1. The van der Waals surface area contributed by atoms with Crippen LogP contribution in [0.4, 0.5) is 11.4 Å². The molecule has 9 heteroatoms. The normalized spacial score (nSPS) is 20.7. The first-order chi connectivity index (χ1) is 31.9. The van der Waals surface area contributed by atoms with Gasteiger partial charge in [-0.3, -0.25) is 4.99 Å². The Hall–Kier alpha value is -5.84. The molecular weight excluding hydrogens is 823 g/mol. The van der Waals surface area contributed by atoms with Crippen LogP contribution >= 0.6 is 0 Å². The van der Waals surface area contributed by atoms with Crippen molar-refractivity contribution < 1.29 is 33.7 Å². The molecule has 5 aromatic rings. The Kier molecular flexibility index (Phi) is 13.8. The monoisotopic (exact) mass is 888 g/mol. The molecule has 0 amide bonds. The van der Waals surface area contributed by atoms with Crippen LogP contribution in [0, 0.1) is 5.92 Å². The number of likely N-dealkylation sites (N-methyl/N-ethyl adjacent to an activating group) is 1. The summed E-state index contributed by atoms with van der Waals surface area (Å²) in [5.41, 5.74) is 10.3. The molecule has 0 aromatic heterocycles. The van der Waals surface area contributed by atoms with Gasteiger partial charge < -0.3 is 34.1 Å². The molecule has 3 unspecified atom stereocenters. The van der Waals surface area contributed by atoms with Gasteiger partial charge in [0.05, 0.1) is 50.6 Å². The minimum Gasteiger partial charge on any atom is -0.497 e. The van der Waals surface area contributed by atoms with Crippen molar-refractivity contribution >= 4 is 22.8 Å². The van der Waals surface area contributed by atoms with E-state index >= 15 is 0 Å². The molecule has 0 radical (unpaired) electrons. The van der Waals surface area contributed by atoms with E-state index in [1.807, 2.05) is 78.9 Å². The predicted molar refractivity (Wildman–Crippen MR) is 265 cm³/mol. The van der Waals surface area contributed by atoms with Gasteiger partial charge in [0.1, 0.15) is 29.7 Å². The van der Waals surface area contributed by atoms with Gasteiger partial charge in [0.15, 0.2) is 5.71 Å². The van der Waals surface area contributed by atoms with Crippen LogP contribution in [0.3, 0.4) is 0 Å². The van der Waals surface area contributed by atoms with Gasteiger partial charge >= 0.3 is 0 Å². The van der Waals surface area contributed by atoms with Crippen LogP contribution in [-0.2, 0) is 25.9 Å². The number of anilines is 1. The molecule has 66 heavy (non-hydrogen) atoms. The average molecular weight is 889 g/mol. The number of para-hydroxylation sites is 2. The van der Waals surface area contributed by atoms with Crippen molar-refractivity contribution in [1.29, 1.82) is 0 Å². The van der Waals surface area contributed by atoms with Crippen molar-refractivity contribution in [3.63, 3.8) is 0 Å². The number of allylic oxidation sites excluding steroid dienone is 2. The fraction of sp³-hybridized carbons (Fsp3) is 0.368. The van der Waals surface area contributed by atoms with Crippen molar-refractivity contribution in [3.05, 3.63) is 179 Å². The first-order valence-electron chi connectivity index (χ1n) is 23.4. The molecule has 344 valence electrons. The highest BCUT2D eigenvalue weighted by Crippen LogP contribution is 2.50. The Balaban J connectivity index is 1.00. The van der Waals surface area contributed by atoms with E-state index in [1.165, 1.54) is 28.2 Å². The molecule has 2 heterocycles. The largest absolute Gasteiger partial charge is 0.497 e. The second kappa shape index (κ2) is 19.6. The van der Waals surface area contributed by atoms with Crippen LogP contribution in [0.2, 0.25) is 0 Å². The summed E-state index contributed by atoms with van der Waals surface area (Å²) < 4.78 is 26.4. The van der Waals surface area contributed by atoms with Gasteiger partial charge in [-0.05, 0) is 86.7 Å². The standard InChI is InChI=1S/C57H66N3O6/c1-9-59-49-23-16-14-21-47(49)55(3,4)51(59)35-45-53(46(54(45)62)36-52-56(5,6)48-22-15-17-24-50(48)60(52)10-2)58-33-18-34-65-37-42(61)38-66-57(39-19-12-11-13-20-39,40-25-29-43(63-7)30-26-40)41-27-31-44(64-8)32-28-41/h11-17,19-32,35-36,42,45,54,61-62H,9-10,18,33-34,37-38H2,1-8H3/q+1/b46-36?,51-35+,58-53?. The number of aliphatic hydroxyl groups excluding tert-OH is 2. The lowest BCUT2D eigenvalue weighted by atomic mass is 9.70. The Morgan fingerprint density at radius 2 is 1.33 bits per heavy atom. The second-order valence-corrected chi connectivity index (χ2v) is 18.4. The van der Waals surface area contributed by atoms with E-state index in [2.05, 4.69) is 112 Å². The van der Waals surface area contributed by atoms with Crippen LogP contribution in [0.15, 0.2) is 156 Å². The summed E-state index contributed by atoms with van der Waals surface area (Å²) >= 11 is 0. The summed E-state index contributed by atoms with van der Waals surface area (Å²) in [5, 5.41) is 23.5. The summed E-state index contributed by atoms with van der Waals surface area (Å²) in [4.78, 5) is 7.62. The minimum absolute atomic E-state index is 0.0144. The third kappa shape index (κ3) is 8.54. The topological polar surface area (TPSA) is 96.0 Å². The van der Waals surface area contributed by atoms with E-state index < -0.39 is 17.8 Å². The van der Waals surface area contributed by atoms with Crippen LogP contribution in [0.25, 0.3) is 0 Å². The van der Waals surface area contributed by atoms with Gasteiger partial charge in [0.25, 0.3) is 0 Å². The number of rotatable bonds is 18. The lowest BCUT2D eigenvalue weighted by molar-refractivity contribution is -0.433. The number of aliphatic hydroxyl groups is 2. The quantitative estimate of drug-likeness (QED) is 0.0514. The zero-order valence-corrected chi connectivity index (χ0v) is 39.8. The van der Waals surface area contributed by atoms with Crippen molar-refractivity contribution in [3.8, 4) is 11.5 Å². The second-order valence-electron chi connectivity index (χ2n) is 18.4. The van der Waals surface area contributed by atoms with Crippen LogP contribution in [0.5, 0.6) is 11.5 Å². The summed E-state index contributed by atoms with van der Waals surface area (Å²) in [7, 11) is 3.30. The van der Waals surface area contributed by atoms with Crippen LogP contribution < -0.4 is 14.4 Å². The van der Waals surface area contributed by atoms with E-state index in [0.717, 1.165) is 58.3 Å². The van der Waals surface area contributed by atoms with E-state index in [-0.39, 0.29) is 30.0 Å². The highest BCUT2D eigenvalue weighted by molar-refractivity contribution is 6.16. The maximum atomic E-state index is 12.1. The van der Waals surface area contributed by atoms with Crippen molar-refractivity contribution in [2.45, 2.75) is 76.6 Å². The Morgan fingerprint density at radius 3 is 1.95 bits per heavy atom. The summed E-state index contributed by atoms with van der Waals surface area (Å²) in [6.45, 7) is 16.1. The molecule has 8 rings (SSSR count). The van der Waals surface area contributed by atoms with Crippen molar-refractivity contribution in [2.24, 2.45) is 10.9 Å². The number of benzene rings is 5. The summed E-state index contributed by atoms with van der Waals surface area (Å²) in [6, 6.07) is 43.0. The van der Waals surface area contributed by atoms with Crippen LogP contribution in [0.1, 0.15) is 75.8 Å². The fourth-order valence-corrected chi connectivity index (χ4v) is 10.3. The smallest absolute Gasteiger partial charge is 0.209 e. The molecule has 2 N–H and O–H groups in total. The van der Waals surface area contributed by atoms with Gasteiger partial charge in [-0.1, -0.05) is 111 Å². The first-order valence-corrected chi connectivity index (χ1v) is 23.4. The Bertz CT molecular complexity index is 2560. The lowest BCUT2D eigenvalue weighted by Crippen LogP contribution is -2.46.